The van der Waals surface area contributed by atoms with Crippen LogP contribution in [0.3, 0.4) is 0 Å². The van der Waals surface area contributed by atoms with Crippen LogP contribution in [0.1, 0.15) is 19.3 Å². The van der Waals surface area contributed by atoms with E-state index in [0.29, 0.717) is 31.9 Å². The van der Waals surface area contributed by atoms with Gasteiger partial charge in [-0.3, -0.25) is 19.7 Å². The number of nitrogens with zero attached hydrogens (tertiary/aromatic N) is 5. The van der Waals surface area contributed by atoms with Gasteiger partial charge in [-0.2, -0.15) is 5.26 Å². The molecule has 2 aromatic carbocycles. The molecule has 1 saturated heterocycles. The highest BCUT2D eigenvalue weighted by Crippen LogP contribution is 2.22. The van der Waals surface area contributed by atoms with E-state index in [9.17, 15) is 19.7 Å². The summed E-state index contributed by atoms with van der Waals surface area (Å²) in [6, 6.07) is 17.7. The van der Waals surface area contributed by atoms with Gasteiger partial charge in [0.2, 0.25) is 11.8 Å². The fourth-order valence-corrected chi connectivity index (χ4v) is 3.69. The van der Waals surface area contributed by atoms with Gasteiger partial charge in [-0.25, -0.2) is 0 Å². The smallest absolute Gasteiger partial charge is 0.271 e. The fraction of sp³-hybridized carbons (Fsp3) is 0.348. The number of carbonyl (C=O) groups is 2. The van der Waals surface area contributed by atoms with Gasteiger partial charge >= 0.3 is 0 Å². The van der Waals surface area contributed by atoms with Crippen LogP contribution in [0.15, 0.2) is 54.6 Å². The van der Waals surface area contributed by atoms with E-state index in [-0.39, 0.29) is 43.3 Å². The van der Waals surface area contributed by atoms with E-state index in [1.165, 1.54) is 12.1 Å². The molecule has 0 aromatic heterocycles. The third kappa shape index (κ3) is 5.82. The maximum Gasteiger partial charge on any atom is 0.271 e. The summed E-state index contributed by atoms with van der Waals surface area (Å²) < 4.78 is 0. The number of para-hydroxylation sites is 1. The predicted octanol–water partition coefficient (Wildman–Crippen LogP) is 2.97. The van der Waals surface area contributed by atoms with Gasteiger partial charge in [0, 0.05) is 69.1 Å². The lowest BCUT2D eigenvalue weighted by Crippen LogP contribution is -2.49. The standard InChI is InChI=1S/C23H25N5O4/c24-12-5-13-27(19-6-2-1-3-7-19)23(30)11-10-22(29)26-16-14-25(15-17-26)20-8-4-9-21(18-20)28(31)32/h1-4,6-9,18H,5,10-11,13-17H2. The Kier molecular flexibility index (Phi) is 7.75. The second kappa shape index (κ2) is 10.9. The molecule has 1 aliphatic heterocycles. The van der Waals surface area contributed by atoms with Crippen molar-refractivity contribution in [3.05, 3.63) is 64.7 Å². The molecule has 2 aromatic rings. The van der Waals surface area contributed by atoms with E-state index >= 15 is 0 Å². The highest BCUT2D eigenvalue weighted by atomic mass is 16.6. The van der Waals surface area contributed by atoms with Crippen molar-refractivity contribution in [2.75, 3.05) is 42.5 Å². The van der Waals surface area contributed by atoms with E-state index < -0.39 is 4.92 Å². The molecule has 1 heterocycles. The Hall–Kier alpha value is -3.93. The van der Waals surface area contributed by atoms with Gasteiger partial charge < -0.3 is 14.7 Å². The molecule has 0 spiro atoms. The minimum Gasteiger partial charge on any atom is -0.368 e. The summed E-state index contributed by atoms with van der Waals surface area (Å²) in [5.41, 5.74) is 1.52. The number of rotatable bonds is 8. The molecular weight excluding hydrogens is 410 g/mol. The number of hydrogen-bond donors (Lipinski definition) is 0. The first kappa shape index (κ1) is 22.7. The third-order valence-electron chi connectivity index (χ3n) is 5.41. The predicted molar refractivity (Wildman–Crippen MR) is 120 cm³/mol. The summed E-state index contributed by atoms with van der Waals surface area (Å²) in [5.74, 6) is -0.277. The van der Waals surface area contributed by atoms with Crippen molar-refractivity contribution in [1.29, 1.82) is 5.26 Å². The molecule has 32 heavy (non-hydrogen) atoms. The Morgan fingerprint density at radius 3 is 2.41 bits per heavy atom. The second-order valence-corrected chi connectivity index (χ2v) is 7.43. The van der Waals surface area contributed by atoms with Crippen molar-refractivity contribution in [3.8, 4) is 6.07 Å². The van der Waals surface area contributed by atoms with Crippen LogP contribution in [0.5, 0.6) is 0 Å². The van der Waals surface area contributed by atoms with Crippen LogP contribution in [0.2, 0.25) is 0 Å². The molecule has 0 atom stereocenters. The molecule has 0 aliphatic carbocycles. The van der Waals surface area contributed by atoms with Crippen molar-refractivity contribution >= 4 is 28.9 Å². The van der Waals surface area contributed by atoms with Gasteiger partial charge in [-0.15, -0.1) is 0 Å². The van der Waals surface area contributed by atoms with Crippen LogP contribution < -0.4 is 9.80 Å². The lowest BCUT2D eigenvalue weighted by Gasteiger charge is -2.36. The summed E-state index contributed by atoms with van der Waals surface area (Å²) in [4.78, 5) is 41.3. The summed E-state index contributed by atoms with van der Waals surface area (Å²) >= 11 is 0. The number of non-ortho nitro benzene ring substituents is 1. The Bertz CT molecular complexity index is 997. The average molecular weight is 435 g/mol. The van der Waals surface area contributed by atoms with Crippen LogP contribution in [0, 0.1) is 21.4 Å². The number of anilines is 2. The number of carbonyl (C=O) groups excluding carboxylic acids is 2. The van der Waals surface area contributed by atoms with Crippen molar-refractivity contribution < 1.29 is 14.5 Å². The Morgan fingerprint density at radius 1 is 1.03 bits per heavy atom. The molecule has 0 radical (unpaired) electrons. The van der Waals surface area contributed by atoms with Gasteiger partial charge in [-0.1, -0.05) is 24.3 Å². The topological polar surface area (TPSA) is 111 Å². The van der Waals surface area contributed by atoms with Crippen molar-refractivity contribution in [1.82, 2.24) is 4.90 Å². The molecule has 0 saturated carbocycles. The molecule has 1 aliphatic rings. The molecule has 2 amide bonds. The molecule has 0 bridgehead atoms. The summed E-state index contributed by atoms with van der Waals surface area (Å²) in [6.45, 7) is 2.41. The van der Waals surface area contributed by atoms with Crippen molar-refractivity contribution in [3.63, 3.8) is 0 Å². The largest absolute Gasteiger partial charge is 0.368 e. The van der Waals surface area contributed by atoms with E-state index in [1.54, 1.807) is 15.9 Å². The zero-order valence-corrected chi connectivity index (χ0v) is 17.7. The molecule has 0 unspecified atom stereocenters. The number of nitro groups is 1. The minimum absolute atomic E-state index is 0.0406. The van der Waals surface area contributed by atoms with Gasteiger partial charge in [0.25, 0.3) is 5.69 Å². The van der Waals surface area contributed by atoms with Gasteiger partial charge in [-0.05, 0) is 18.2 Å². The van der Waals surface area contributed by atoms with Crippen LogP contribution in [0.25, 0.3) is 0 Å². The number of nitriles is 1. The number of nitro benzene ring substituents is 1. The maximum absolute atomic E-state index is 12.7. The summed E-state index contributed by atoms with van der Waals surface area (Å²) in [6.07, 6.45) is 0.393. The molecule has 166 valence electrons. The Labute approximate surface area is 186 Å². The van der Waals surface area contributed by atoms with Gasteiger partial charge in [0.1, 0.15) is 0 Å². The highest BCUT2D eigenvalue weighted by molar-refractivity contribution is 5.95. The highest BCUT2D eigenvalue weighted by Gasteiger charge is 2.24. The first-order valence-electron chi connectivity index (χ1n) is 10.5. The quantitative estimate of drug-likeness (QED) is 0.466. The molecule has 1 fully saturated rings. The molecule has 9 heteroatoms. The molecule has 3 rings (SSSR count). The van der Waals surface area contributed by atoms with Gasteiger partial charge in [0.15, 0.2) is 0 Å². The van der Waals surface area contributed by atoms with E-state index in [1.807, 2.05) is 41.3 Å². The number of hydrogen-bond acceptors (Lipinski definition) is 6. The maximum atomic E-state index is 12.7. The summed E-state index contributed by atoms with van der Waals surface area (Å²) in [7, 11) is 0. The fourth-order valence-electron chi connectivity index (χ4n) is 3.69. The van der Waals surface area contributed by atoms with Crippen molar-refractivity contribution in [2.45, 2.75) is 19.3 Å². The Morgan fingerprint density at radius 2 is 1.75 bits per heavy atom. The van der Waals surface area contributed by atoms with Crippen LogP contribution >= 0.6 is 0 Å². The number of benzene rings is 2. The van der Waals surface area contributed by atoms with Crippen LogP contribution in [0.4, 0.5) is 17.1 Å². The van der Waals surface area contributed by atoms with E-state index in [2.05, 4.69) is 6.07 Å². The normalized spacial score (nSPS) is 13.3. The first-order chi connectivity index (χ1) is 15.5. The Balaban J connectivity index is 1.52. The lowest BCUT2D eigenvalue weighted by molar-refractivity contribution is -0.384. The summed E-state index contributed by atoms with van der Waals surface area (Å²) in [5, 5.41) is 19.9. The SMILES string of the molecule is N#CCCN(C(=O)CCC(=O)N1CCN(c2cccc([N+](=O)[O-])c2)CC1)c1ccccc1. The number of piperazine rings is 1. The zero-order valence-electron chi connectivity index (χ0n) is 17.7. The average Bonchev–Trinajstić information content (AvgIpc) is 2.83. The first-order valence-corrected chi connectivity index (χ1v) is 10.5. The van der Waals surface area contributed by atoms with Gasteiger partial charge in [0.05, 0.1) is 17.4 Å². The molecule has 9 nitrogen and oxygen atoms in total. The monoisotopic (exact) mass is 435 g/mol. The lowest BCUT2D eigenvalue weighted by atomic mass is 10.2. The minimum atomic E-state index is -0.421. The third-order valence-corrected chi connectivity index (χ3v) is 5.41. The number of amides is 2. The van der Waals surface area contributed by atoms with E-state index in [4.69, 9.17) is 5.26 Å². The second-order valence-electron chi connectivity index (χ2n) is 7.43. The van der Waals surface area contributed by atoms with E-state index in [0.717, 1.165) is 5.69 Å². The zero-order chi connectivity index (χ0) is 22.9. The molecular formula is C23H25N5O4. The van der Waals surface area contributed by atoms with Crippen LogP contribution in [-0.4, -0.2) is 54.4 Å². The van der Waals surface area contributed by atoms with Crippen LogP contribution in [-0.2, 0) is 9.59 Å². The van der Waals surface area contributed by atoms with Crippen molar-refractivity contribution in [2.24, 2.45) is 0 Å². The molecule has 0 N–H and O–H groups in total.